The van der Waals surface area contributed by atoms with Gasteiger partial charge in [0.25, 0.3) is 0 Å². The van der Waals surface area contributed by atoms with Gasteiger partial charge in [-0.3, -0.25) is 4.98 Å². The molecular weight excluding hydrogens is 186 g/mol. The van der Waals surface area contributed by atoms with Gasteiger partial charge in [0, 0.05) is 11.8 Å². The van der Waals surface area contributed by atoms with Gasteiger partial charge in [0.05, 0.1) is 9.90 Å². The summed E-state index contributed by atoms with van der Waals surface area (Å²) in [6.45, 7) is 0. The number of thiophene rings is 1. The molecule has 2 rings (SSSR count). The van der Waals surface area contributed by atoms with Crippen LogP contribution in [0.4, 0.5) is 0 Å². The molecule has 0 aliphatic carbocycles. The Morgan fingerprint density at radius 1 is 1.25 bits per heavy atom. The van der Waals surface area contributed by atoms with Crippen LogP contribution in [-0.4, -0.2) is 4.98 Å². The predicted molar refractivity (Wildman–Crippen MR) is 53.4 cm³/mol. The van der Waals surface area contributed by atoms with E-state index in [1.165, 1.54) is 0 Å². The van der Waals surface area contributed by atoms with Crippen molar-refractivity contribution in [2.75, 3.05) is 0 Å². The van der Waals surface area contributed by atoms with Gasteiger partial charge in [0.15, 0.2) is 0 Å². The summed E-state index contributed by atoms with van der Waals surface area (Å²) in [5.41, 5.74) is 2.03. The Bertz CT molecular complexity index is 367. The van der Waals surface area contributed by atoms with Gasteiger partial charge in [-0.25, -0.2) is 0 Å². The minimum Gasteiger partial charge on any atom is -0.256 e. The topological polar surface area (TPSA) is 12.9 Å². The normalized spacial score (nSPS) is 10.0. The van der Waals surface area contributed by atoms with Crippen LogP contribution in [0.3, 0.4) is 0 Å². The van der Waals surface area contributed by atoms with Crippen LogP contribution in [0.25, 0.3) is 11.3 Å². The van der Waals surface area contributed by atoms with E-state index in [1.54, 1.807) is 17.5 Å². The van der Waals surface area contributed by atoms with Crippen molar-refractivity contribution < 1.29 is 0 Å². The summed E-state index contributed by atoms with van der Waals surface area (Å²) in [6, 6.07) is 7.85. The second kappa shape index (κ2) is 3.21. The van der Waals surface area contributed by atoms with Gasteiger partial charge >= 0.3 is 0 Å². The lowest BCUT2D eigenvalue weighted by atomic mass is 10.2. The first-order valence-electron chi connectivity index (χ1n) is 3.54. The summed E-state index contributed by atoms with van der Waals surface area (Å²) in [6.07, 6.45) is 1.78. The molecule has 2 aromatic rings. The summed E-state index contributed by atoms with van der Waals surface area (Å²) in [4.78, 5) is 4.22. The Hall–Kier alpha value is -0.930. The average molecular weight is 192 g/mol. The van der Waals surface area contributed by atoms with E-state index in [9.17, 15) is 0 Å². The van der Waals surface area contributed by atoms with Crippen LogP contribution in [0.2, 0.25) is 0 Å². The second-order valence-electron chi connectivity index (χ2n) is 2.34. The first-order valence-corrected chi connectivity index (χ1v) is 4.82. The van der Waals surface area contributed by atoms with Crippen LogP contribution in [0.5, 0.6) is 0 Å². The zero-order valence-electron chi connectivity index (χ0n) is 6.23. The predicted octanol–water partition coefficient (Wildman–Crippen LogP) is 3.37. The minimum absolute atomic E-state index is 0.911. The highest BCUT2D eigenvalue weighted by Gasteiger charge is 2.03. The van der Waals surface area contributed by atoms with E-state index in [-0.39, 0.29) is 0 Å². The van der Waals surface area contributed by atoms with Gasteiger partial charge in [0.1, 0.15) is 0 Å². The van der Waals surface area contributed by atoms with E-state index in [0.717, 1.165) is 15.5 Å². The smallest absolute Gasteiger partial charge is 0.0993 e. The molecular formula is C9H6NS2. The minimum atomic E-state index is 0.911. The molecule has 0 bridgehead atoms. The van der Waals surface area contributed by atoms with E-state index < -0.39 is 0 Å². The molecule has 0 N–H and O–H groups in total. The quantitative estimate of drug-likeness (QED) is 0.675. The molecule has 0 spiro atoms. The molecule has 0 aromatic carbocycles. The Labute approximate surface area is 80.5 Å². The molecule has 3 heteroatoms. The summed E-state index contributed by atoms with van der Waals surface area (Å²) in [5.74, 6) is 0. The molecule has 2 aromatic heterocycles. The van der Waals surface area contributed by atoms with Crippen molar-refractivity contribution >= 4 is 24.0 Å². The Kier molecular flexibility index (Phi) is 2.06. The van der Waals surface area contributed by atoms with Crippen LogP contribution in [0.15, 0.2) is 40.1 Å². The maximum atomic E-state index is 5.15. The highest BCUT2D eigenvalue weighted by atomic mass is 32.2. The van der Waals surface area contributed by atoms with Crippen molar-refractivity contribution in [2.24, 2.45) is 0 Å². The lowest BCUT2D eigenvalue weighted by molar-refractivity contribution is 1.32. The molecule has 0 saturated carbocycles. The fraction of sp³-hybridized carbons (Fsp3) is 0. The van der Waals surface area contributed by atoms with Gasteiger partial charge in [0.2, 0.25) is 0 Å². The first-order chi connectivity index (χ1) is 5.88. The number of nitrogens with zero attached hydrogens (tertiary/aromatic N) is 1. The summed E-state index contributed by atoms with van der Waals surface area (Å²) in [7, 11) is 0. The fourth-order valence-corrected chi connectivity index (χ4v) is 1.97. The molecule has 2 heterocycles. The Morgan fingerprint density at radius 2 is 2.17 bits per heavy atom. The fourth-order valence-electron chi connectivity index (χ4n) is 1.01. The maximum absolute atomic E-state index is 5.15. The van der Waals surface area contributed by atoms with Gasteiger partial charge in [-0.15, -0.1) is 11.3 Å². The monoisotopic (exact) mass is 192 g/mol. The Balaban J connectivity index is 2.51. The van der Waals surface area contributed by atoms with Crippen LogP contribution < -0.4 is 0 Å². The molecule has 0 saturated heterocycles. The molecule has 1 nitrogen and oxygen atoms in total. The molecule has 0 aliphatic rings. The van der Waals surface area contributed by atoms with Gasteiger partial charge in [-0.1, -0.05) is 18.7 Å². The molecule has 0 fully saturated rings. The van der Waals surface area contributed by atoms with E-state index in [0.29, 0.717) is 0 Å². The van der Waals surface area contributed by atoms with E-state index in [2.05, 4.69) is 4.98 Å². The molecule has 0 atom stereocenters. The molecule has 1 radical (unpaired) electrons. The maximum Gasteiger partial charge on any atom is 0.0993 e. The molecule has 12 heavy (non-hydrogen) atoms. The summed E-state index contributed by atoms with van der Waals surface area (Å²) >= 11 is 6.72. The van der Waals surface area contributed by atoms with Gasteiger partial charge in [-0.05, 0) is 23.6 Å². The van der Waals surface area contributed by atoms with Crippen LogP contribution >= 0.6 is 24.0 Å². The summed E-state index contributed by atoms with van der Waals surface area (Å²) in [5, 5.41) is 1.99. The summed E-state index contributed by atoms with van der Waals surface area (Å²) < 4.78 is 0.911. The van der Waals surface area contributed by atoms with Crippen LogP contribution in [0.1, 0.15) is 0 Å². The van der Waals surface area contributed by atoms with Crippen molar-refractivity contribution in [2.45, 2.75) is 4.21 Å². The van der Waals surface area contributed by atoms with Crippen molar-refractivity contribution in [3.8, 4) is 11.3 Å². The van der Waals surface area contributed by atoms with Crippen LogP contribution in [-0.2, 0) is 0 Å². The van der Waals surface area contributed by atoms with E-state index in [1.807, 2.05) is 29.6 Å². The van der Waals surface area contributed by atoms with Crippen molar-refractivity contribution in [1.82, 2.24) is 4.98 Å². The van der Waals surface area contributed by atoms with Crippen molar-refractivity contribution in [3.63, 3.8) is 0 Å². The third-order valence-corrected chi connectivity index (χ3v) is 2.79. The molecule has 0 unspecified atom stereocenters. The van der Waals surface area contributed by atoms with Gasteiger partial charge < -0.3 is 0 Å². The number of pyridine rings is 1. The van der Waals surface area contributed by atoms with Crippen molar-refractivity contribution in [1.29, 1.82) is 0 Å². The molecule has 0 amide bonds. The Morgan fingerprint density at radius 3 is 2.75 bits per heavy atom. The molecule has 0 aliphatic heterocycles. The zero-order valence-corrected chi connectivity index (χ0v) is 7.86. The van der Waals surface area contributed by atoms with E-state index in [4.69, 9.17) is 12.6 Å². The third-order valence-electron chi connectivity index (χ3n) is 1.57. The second-order valence-corrected chi connectivity index (χ2v) is 3.92. The SMILES string of the molecule is [S]c1sccc1-c1ccccn1. The van der Waals surface area contributed by atoms with Gasteiger partial charge in [-0.2, -0.15) is 0 Å². The third kappa shape index (κ3) is 1.33. The zero-order chi connectivity index (χ0) is 8.39. The van der Waals surface area contributed by atoms with Crippen LogP contribution in [0, 0.1) is 0 Å². The number of rotatable bonds is 1. The standard InChI is InChI=1S/C9H6NS2/c11-9-7(4-6-12-9)8-3-1-2-5-10-8/h1-6H. The number of hydrogen-bond donors (Lipinski definition) is 0. The number of hydrogen-bond acceptors (Lipinski definition) is 2. The largest absolute Gasteiger partial charge is 0.256 e. The lowest BCUT2D eigenvalue weighted by Gasteiger charge is -1.95. The molecule has 59 valence electrons. The lowest BCUT2D eigenvalue weighted by Crippen LogP contribution is -1.78. The van der Waals surface area contributed by atoms with E-state index >= 15 is 0 Å². The number of aromatic nitrogens is 1. The average Bonchev–Trinajstić information content (AvgIpc) is 2.53. The highest BCUT2D eigenvalue weighted by molar-refractivity contribution is 7.83. The first kappa shape index (κ1) is 7.71. The highest BCUT2D eigenvalue weighted by Crippen LogP contribution is 2.29. The van der Waals surface area contributed by atoms with Crippen molar-refractivity contribution in [3.05, 3.63) is 35.8 Å².